The highest BCUT2D eigenvalue weighted by Gasteiger charge is 2.31. The lowest BCUT2D eigenvalue weighted by Gasteiger charge is -2.17. The van der Waals surface area contributed by atoms with E-state index in [2.05, 4.69) is 20.4 Å². The summed E-state index contributed by atoms with van der Waals surface area (Å²) >= 11 is 0. The maximum Gasteiger partial charge on any atom is 0.573 e. The van der Waals surface area contributed by atoms with E-state index < -0.39 is 6.36 Å². The highest BCUT2D eigenvalue weighted by atomic mass is 19.4. The van der Waals surface area contributed by atoms with Crippen LogP contribution in [0, 0.1) is 5.92 Å². The number of halogens is 3. The quantitative estimate of drug-likeness (QED) is 0.436. The average Bonchev–Trinajstić information content (AvgIpc) is 3.16. The van der Waals surface area contributed by atoms with Crippen LogP contribution in [0.25, 0.3) is 0 Å². The lowest BCUT2D eigenvalue weighted by Crippen LogP contribution is -2.41. The second-order valence-electron chi connectivity index (χ2n) is 6.68. The van der Waals surface area contributed by atoms with Crippen molar-refractivity contribution >= 4 is 5.96 Å². The Morgan fingerprint density at radius 2 is 2.07 bits per heavy atom. The van der Waals surface area contributed by atoms with Gasteiger partial charge in [-0.25, -0.2) is 0 Å². The first-order valence-corrected chi connectivity index (χ1v) is 9.49. The van der Waals surface area contributed by atoms with Gasteiger partial charge in [0.25, 0.3) is 0 Å². The number of alkyl halides is 3. The third kappa shape index (κ3) is 8.35. The molecule has 3 N–H and O–H groups in total. The smallest absolute Gasteiger partial charge is 0.406 e. The molecule has 1 heterocycles. The zero-order valence-corrected chi connectivity index (χ0v) is 16.0. The molecule has 1 aliphatic heterocycles. The van der Waals surface area contributed by atoms with Gasteiger partial charge < -0.3 is 25.2 Å². The largest absolute Gasteiger partial charge is 0.573 e. The molecule has 0 saturated carbocycles. The van der Waals surface area contributed by atoms with Gasteiger partial charge in [-0.1, -0.05) is 12.1 Å². The molecular formula is C19H28F3N3O3. The number of hydrogen-bond donors (Lipinski definition) is 3. The molecule has 0 aliphatic carbocycles. The number of nitrogens with one attached hydrogen (secondary N) is 2. The van der Waals surface area contributed by atoms with Gasteiger partial charge in [0, 0.05) is 38.8 Å². The van der Waals surface area contributed by atoms with Gasteiger partial charge in [0.2, 0.25) is 0 Å². The van der Waals surface area contributed by atoms with Crippen molar-refractivity contribution in [3.8, 4) is 5.75 Å². The van der Waals surface area contributed by atoms with Crippen molar-refractivity contribution in [1.29, 1.82) is 0 Å². The van der Waals surface area contributed by atoms with Crippen LogP contribution in [0.3, 0.4) is 0 Å². The highest BCUT2D eigenvalue weighted by molar-refractivity contribution is 5.79. The lowest BCUT2D eigenvalue weighted by molar-refractivity contribution is -0.274. The molecule has 1 fully saturated rings. The molecule has 0 spiro atoms. The van der Waals surface area contributed by atoms with Crippen LogP contribution in [-0.2, 0) is 11.2 Å². The fourth-order valence-electron chi connectivity index (χ4n) is 2.93. The van der Waals surface area contributed by atoms with Crippen LogP contribution in [0.15, 0.2) is 29.3 Å². The Bertz CT molecular complexity index is 603. The van der Waals surface area contributed by atoms with Crippen LogP contribution in [-0.4, -0.2) is 56.4 Å². The predicted molar refractivity (Wildman–Crippen MR) is 100 cm³/mol. The Hall–Kier alpha value is -2.00. The van der Waals surface area contributed by atoms with Crippen molar-refractivity contribution in [2.75, 3.05) is 32.8 Å². The summed E-state index contributed by atoms with van der Waals surface area (Å²) < 4.78 is 46.1. The van der Waals surface area contributed by atoms with E-state index in [1.54, 1.807) is 12.1 Å². The third-order valence-corrected chi connectivity index (χ3v) is 4.31. The minimum atomic E-state index is -4.71. The molecule has 1 aromatic carbocycles. The van der Waals surface area contributed by atoms with E-state index in [0.29, 0.717) is 32.0 Å². The van der Waals surface area contributed by atoms with Gasteiger partial charge in [0.1, 0.15) is 5.75 Å². The first-order valence-electron chi connectivity index (χ1n) is 9.49. The van der Waals surface area contributed by atoms with Crippen molar-refractivity contribution in [3.05, 3.63) is 29.8 Å². The molecule has 2 rings (SSSR count). The summed E-state index contributed by atoms with van der Waals surface area (Å²) in [6.07, 6.45) is -1.92. The van der Waals surface area contributed by atoms with Crippen LogP contribution >= 0.6 is 0 Å². The molecule has 0 amide bonds. The van der Waals surface area contributed by atoms with Crippen molar-refractivity contribution in [1.82, 2.24) is 10.6 Å². The number of benzene rings is 1. The van der Waals surface area contributed by atoms with Crippen molar-refractivity contribution in [3.63, 3.8) is 0 Å². The minimum absolute atomic E-state index is 0.0740. The molecule has 0 aromatic heterocycles. The first-order chi connectivity index (χ1) is 13.4. The van der Waals surface area contributed by atoms with Gasteiger partial charge >= 0.3 is 6.36 Å². The number of rotatable bonds is 9. The summed E-state index contributed by atoms with van der Waals surface area (Å²) in [5.41, 5.74) is 0.807. The Kier molecular flexibility index (Phi) is 8.85. The van der Waals surface area contributed by atoms with Crippen molar-refractivity contribution in [2.45, 2.75) is 38.7 Å². The topological polar surface area (TPSA) is 75.1 Å². The Balaban J connectivity index is 1.87. The number of aliphatic hydroxyl groups excluding tert-OH is 1. The molecule has 0 radical (unpaired) electrons. The van der Waals surface area contributed by atoms with Gasteiger partial charge in [-0.05, 0) is 43.9 Å². The van der Waals surface area contributed by atoms with E-state index in [0.717, 1.165) is 25.0 Å². The SMILES string of the molecule is CCNC(=NCC(CO)Cc1ccc(OC(F)(F)F)cc1)NCC1CCCO1. The number of aliphatic imine (C=N–C) groups is 1. The monoisotopic (exact) mass is 403 g/mol. The zero-order valence-electron chi connectivity index (χ0n) is 16.0. The van der Waals surface area contributed by atoms with E-state index >= 15 is 0 Å². The van der Waals surface area contributed by atoms with Crippen LogP contribution in [0.5, 0.6) is 5.75 Å². The molecule has 158 valence electrons. The maximum absolute atomic E-state index is 12.2. The molecule has 1 aromatic rings. The Morgan fingerprint density at radius 3 is 2.64 bits per heavy atom. The number of ether oxygens (including phenoxy) is 2. The second-order valence-corrected chi connectivity index (χ2v) is 6.68. The normalized spacial score (nSPS) is 18.8. The van der Waals surface area contributed by atoms with E-state index in [-0.39, 0.29) is 24.4 Å². The molecule has 9 heteroatoms. The summed E-state index contributed by atoms with van der Waals surface area (Å²) in [5, 5.41) is 16.0. The van der Waals surface area contributed by atoms with Crippen molar-refractivity contribution < 1.29 is 27.8 Å². The first kappa shape index (κ1) is 22.3. The molecular weight excluding hydrogens is 375 g/mol. The molecule has 6 nitrogen and oxygen atoms in total. The molecule has 1 saturated heterocycles. The molecule has 2 atom stereocenters. The number of aliphatic hydroxyl groups is 1. The summed E-state index contributed by atoms with van der Waals surface area (Å²) in [6.45, 7) is 4.46. The van der Waals surface area contributed by atoms with Gasteiger partial charge in [0.05, 0.1) is 6.10 Å². The van der Waals surface area contributed by atoms with E-state index in [1.807, 2.05) is 6.92 Å². The van der Waals surface area contributed by atoms with E-state index in [4.69, 9.17) is 4.74 Å². The maximum atomic E-state index is 12.2. The summed E-state index contributed by atoms with van der Waals surface area (Å²) in [4.78, 5) is 4.51. The second kappa shape index (κ2) is 11.1. The van der Waals surface area contributed by atoms with Crippen LogP contribution < -0.4 is 15.4 Å². The molecule has 1 aliphatic rings. The molecule has 28 heavy (non-hydrogen) atoms. The van der Waals surface area contributed by atoms with E-state index in [1.165, 1.54) is 12.1 Å². The third-order valence-electron chi connectivity index (χ3n) is 4.31. The van der Waals surface area contributed by atoms with Gasteiger partial charge in [0.15, 0.2) is 5.96 Å². The predicted octanol–water partition coefficient (Wildman–Crippen LogP) is 2.47. The zero-order chi connectivity index (χ0) is 20.4. The molecule has 0 bridgehead atoms. The Morgan fingerprint density at radius 1 is 1.32 bits per heavy atom. The highest BCUT2D eigenvalue weighted by Crippen LogP contribution is 2.23. The summed E-state index contributed by atoms with van der Waals surface area (Å²) in [5.74, 6) is 0.250. The fraction of sp³-hybridized carbons (Fsp3) is 0.632. The summed E-state index contributed by atoms with van der Waals surface area (Å²) in [6, 6.07) is 5.67. The summed E-state index contributed by atoms with van der Waals surface area (Å²) in [7, 11) is 0. The Labute approximate surface area is 163 Å². The number of nitrogens with zero attached hydrogens (tertiary/aromatic N) is 1. The minimum Gasteiger partial charge on any atom is -0.406 e. The molecule has 2 unspecified atom stereocenters. The number of hydrogen-bond acceptors (Lipinski definition) is 4. The van der Waals surface area contributed by atoms with Gasteiger partial charge in [-0.2, -0.15) is 0 Å². The fourth-order valence-corrected chi connectivity index (χ4v) is 2.93. The standard InChI is InChI=1S/C19H28F3N3O3/c1-2-23-18(25-12-17-4-3-9-27-17)24-11-15(13-26)10-14-5-7-16(8-6-14)28-19(20,21)22/h5-8,15,17,26H,2-4,9-13H2,1H3,(H2,23,24,25). The van der Waals surface area contributed by atoms with Gasteiger partial charge in [-0.3, -0.25) is 4.99 Å². The van der Waals surface area contributed by atoms with Gasteiger partial charge in [-0.15, -0.1) is 13.2 Å². The van der Waals surface area contributed by atoms with Crippen LogP contribution in [0.4, 0.5) is 13.2 Å². The van der Waals surface area contributed by atoms with Crippen LogP contribution in [0.1, 0.15) is 25.3 Å². The number of guanidine groups is 1. The lowest BCUT2D eigenvalue weighted by atomic mass is 10.0. The average molecular weight is 403 g/mol. The van der Waals surface area contributed by atoms with Crippen molar-refractivity contribution in [2.24, 2.45) is 10.9 Å². The van der Waals surface area contributed by atoms with E-state index in [9.17, 15) is 18.3 Å². The van der Waals surface area contributed by atoms with Crippen LogP contribution in [0.2, 0.25) is 0 Å².